The van der Waals surface area contributed by atoms with Crippen LogP contribution in [0.3, 0.4) is 0 Å². The Balaban J connectivity index is 2.55. The fraction of sp³-hybridized carbons (Fsp3) is 0.364. The second kappa shape index (κ2) is 3.92. The second-order valence-electron chi connectivity index (χ2n) is 3.78. The molecule has 84 valence electrons. The average Bonchev–Trinajstić information content (AvgIpc) is 2.57. The number of hydrogen-bond donors (Lipinski definition) is 1. The Morgan fingerprint density at radius 1 is 1.06 bits per heavy atom. The van der Waals surface area contributed by atoms with Crippen LogP contribution >= 0.6 is 0 Å². The molecule has 0 radical (unpaired) electrons. The van der Waals surface area contributed by atoms with Crippen LogP contribution in [0, 0.1) is 20.8 Å². The number of nitrogens with one attached hydrogen (secondary N) is 1. The van der Waals surface area contributed by atoms with Gasteiger partial charge in [-0.15, -0.1) is 0 Å². The van der Waals surface area contributed by atoms with E-state index in [0.29, 0.717) is 5.95 Å². The molecule has 16 heavy (non-hydrogen) atoms. The minimum atomic E-state index is 0.613. The smallest absolute Gasteiger partial charge is 0.224 e. The summed E-state index contributed by atoms with van der Waals surface area (Å²) >= 11 is 0. The molecule has 5 heteroatoms. The Labute approximate surface area is 94.5 Å². The molecule has 0 bridgehead atoms. The van der Waals surface area contributed by atoms with Crippen LogP contribution in [0.25, 0.3) is 5.82 Å². The van der Waals surface area contributed by atoms with Crippen LogP contribution in [0.5, 0.6) is 0 Å². The average molecular weight is 217 g/mol. The third-order valence-electron chi connectivity index (χ3n) is 2.29. The van der Waals surface area contributed by atoms with Crippen molar-refractivity contribution in [3.05, 3.63) is 29.2 Å². The molecule has 0 spiro atoms. The summed E-state index contributed by atoms with van der Waals surface area (Å²) in [4.78, 5) is 8.63. The van der Waals surface area contributed by atoms with Crippen LogP contribution in [-0.2, 0) is 0 Å². The van der Waals surface area contributed by atoms with Crippen molar-refractivity contribution in [2.24, 2.45) is 0 Å². The minimum absolute atomic E-state index is 0.613. The van der Waals surface area contributed by atoms with Gasteiger partial charge in [-0.25, -0.2) is 9.67 Å². The van der Waals surface area contributed by atoms with E-state index in [2.05, 4.69) is 20.4 Å². The Hall–Kier alpha value is -1.91. The summed E-state index contributed by atoms with van der Waals surface area (Å²) in [6, 6.07) is 3.94. The Morgan fingerprint density at radius 2 is 1.81 bits per heavy atom. The summed E-state index contributed by atoms with van der Waals surface area (Å²) in [6.07, 6.45) is 0. The third-order valence-corrected chi connectivity index (χ3v) is 2.29. The Kier molecular flexibility index (Phi) is 2.60. The number of hydrogen-bond acceptors (Lipinski definition) is 4. The highest BCUT2D eigenvalue weighted by Crippen LogP contribution is 2.12. The van der Waals surface area contributed by atoms with E-state index in [0.717, 1.165) is 22.9 Å². The molecule has 0 saturated carbocycles. The van der Waals surface area contributed by atoms with Crippen molar-refractivity contribution in [1.29, 1.82) is 0 Å². The lowest BCUT2D eigenvalue weighted by Gasteiger charge is -2.06. The van der Waals surface area contributed by atoms with Crippen molar-refractivity contribution in [2.45, 2.75) is 20.8 Å². The first-order valence-corrected chi connectivity index (χ1v) is 5.17. The van der Waals surface area contributed by atoms with E-state index in [1.54, 1.807) is 7.05 Å². The molecular formula is C11H15N5. The van der Waals surface area contributed by atoms with Crippen molar-refractivity contribution in [2.75, 3.05) is 12.4 Å². The summed E-state index contributed by atoms with van der Waals surface area (Å²) < 4.78 is 1.82. The molecule has 0 amide bonds. The van der Waals surface area contributed by atoms with Gasteiger partial charge in [-0.2, -0.15) is 10.1 Å². The van der Waals surface area contributed by atoms with Gasteiger partial charge in [0.2, 0.25) is 5.95 Å². The van der Waals surface area contributed by atoms with Crippen LogP contribution in [-0.4, -0.2) is 26.8 Å². The molecule has 0 aliphatic carbocycles. The van der Waals surface area contributed by atoms with Crippen LogP contribution in [0.4, 0.5) is 5.95 Å². The number of aromatic nitrogens is 4. The summed E-state index contributed by atoms with van der Waals surface area (Å²) in [5.41, 5.74) is 2.97. The SMILES string of the molecule is CNc1nc(C)cc(-n2nc(C)cc2C)n1. The van der Waals surface area contributed by atoms with Gasteiger partial charge < -0.3 is 5.32 Å². The van der Waals surface area contributed by atoms with Gasteiger partial charge in [0.1, 0.15) is 0 Å². The summed E-state index contributed by atoms with van der Waals surface area (Å²) in [5, 5.41) is 7.34. The van der Waals surface area contributed by atoms with E-state index < -0.39 is 0 Å². The largest absolute Gasteiger partial charge is 0.357 e. The van der Waals surface area contributed by atoms with Gasteiger partial charge in [-0.05, 0) is 26.8 Å². The zero-order valence-corrected chi connectivity index (χ0v) is 9.94. The van der Waals surface area contributed by atoms with E-state index in [1.165, 1.54) is 0 Å². The standard InChI is InChI=1S/C11H15N5/c1-7-6-10(14-11(12-4)13-7)16-9(3)5-8(2)15-16/h5-6H,1-4H3,(H,12,13,14). The summed E-state index contributed by atoms with van der Waals surface area (Å²) in [5.74, 6) is 1.41. The molecule has 2 aromatic heterocycles. The van der Waals surface area contributed by atoms with Gasteiger partial charge in [0, 0.05) is 24.5 Å². The van der Waals surface area contributed by atoms with Crippen molar-refractivity contribution >= 4 is 5.95 Å². The van der Waals surface area contributed by atoms with Gasteiger partial charge >= 0.3 is 0 Å². The zero-order chi connectivity index (χ0) is 11.7. The molecule has 0 atom stereocenters. The van der Waals surface area contributed by atoms with Crippen molar-refractivity contribution in [3.63, 3.8) is 0 Å². The lowest BCUT2D eigenvalue weighted by molar-refractivity contribution is 0.799. The normalized spacial score (nSPS) is 10.5. The second-order valence-corrected chi connectivity index (χ2v) is 3.78. The topological polar surface area (TPSA) is 55.6 Å². The first kappa shape index (κ1) is 10.6. The van der Waals surface area contributed by atoms with E-state index >= 15 is 0 Å². The molecule has 2 aromatic rings. The van der Waals surface area contributed by atoms with E-state index in [4.69, 9.17) is 0 Å². The number of aryl methyl sites for hydroxylation is 3. The molecule has 1 N–H and O–H groups in total. The maximum absolute atomic E-state index is 4.40. The van der Waals surface area contributed by atoms with Gasteiger partial charge in [0.05, 0.1) is 5.69 Å². The molecular weight excluding hydrogens is 202 g/mol. The Morgan fingerprint density at radius 3 is 2.38 bits per heavy atom. The quantitative estimate of drug-likeness (QED) is 0.830. The maximum Gasteiger partial charge on any atom is 0.224 e. The molecule has 0 aromatic carbocycles. The van der Waals surface area contributed by atoms with E-state index in [1.807, 2.05) is 37.6 Å². The van der Waals surface area contributed by atoms with Crippen molar-refractivity contribution in [1.82, 2.24) is 19.7 Å². The van der Waals surface area contributed by atoms with E-state index in [-0.39, 0.29) is 0 Å². The maximum atomic E-state index is 4.40. The molecule has 0 saturated heterocycles. The molecule has 2 heterocycles. The lowest BCUT2D eigenvalue weighted by atomic mass is 10.4. The number of anilines is 1. The molecule has 0 unspecified atom stereocenters. The van der Waals surface area contributed by atoms with Gasteiger partial charge in [0.15, 0.2) is 5.82 Å². The predicted octanol–water partition coefficient (Wildman–Crippen LogP) is 1.63. The molecule has 2 rings (SSSR count). The van der Waals surface area contributed by atoms with Gasteiger partial charge in [0.25, 0.3) is 0 Å². The van der Waals surface area contributed by atoms with E-state index in [9.17, 15) is 0 Å². The predicted molar refractivity (Wildman–Crippen MR) is 62.9 cm³/mol. The van der Waals surface area contributed by atoms with Crippen molar-refractivity contribution < 1.29 is 0 Å². The number of rotatable bonds is 2. The summed E-state index contributed by atoms with van der Waals surface area (Å²) in [6.45, 7) is 5.92. The highest BCUT2D eigenvalue weighted by atomic mass is 15.3. The Bertz CT molecular complexity index is 515. The third kappa shape index (κ3) is 1.88. The van der Waals surface area contributed by atoms with Gasteiger partial charge in [-0.1, -0.05) is 0 Å². The minimum Gasteiger partial charge on any atom is -0.357 e. The van der Waals surface area contributed by atoms with Gasteiger partial charge in [-0.3, -0.25) is 0 Å². The molecule has 5 nitrogen and oxygen atoms in total. The monoisotopic (exact) mass is 217 g/mol. The highest BCUT2D eigenvalue weighted by Gasteiger charge is 2.07. The van der Waals surface area contributed by atoms with Crippen LogP contribution in [0.2, 0.25) is 0 Å². The fourth-order valence-electron chi connectivity index (χ4n) is 1.63. The highest BCUT2D eigenvalue weighted by molar-refractivity contribution is 5.35. The van der Waals surface area contributed by atoms with Crippen LogP contribution in [0.1, 0.15) is 17.1 Å². The first-order valence-electron chi connectivity index (χ1n) is 5.17. The number of nitrogens with zero attached hydrogens (tertiary/aromatic N) is 4. The fourth-order valence-corrected chi connectivity index (χ4v) is 1.63. The molecule has 0 fully saturated rings. The van der Waals surface area contributed by atoms with Crippen LogP contribution in [0.15, 0.2) is 12.1 Å². The lowest BCUT2D eigenvalue weighted by Crippen LogP contribution is -2.06. The zero-order valence-electron chi connectivity index (χ0n) is 9.94. The molecule has 0 aliphatic heterocycles. The van der Waals surface area contributed by atoms with Crippen LogP contribution < -0.4 is 5.32 Å². The summed E-state index contributed by atoms with van der Waals surface area (Å²) in [7, 11) is 1.81. The first-order chi connectivity index (χ1) is 7.60. The molecule has 0 aliphatic rings. The van der Waals surface area contributed by atoms with Crippen molar-refractivity contribution in [3.8, 4) is 5.82 Å².